The maximum Gasteiger partial charge on any atom is 0.393 e. The van der Waals surface area contributed by atoms with E-state index in [-0.39, 0.29) is 21.1 Å². The molecule has 0 aliphatic heterocycles. The van der Waals surface area contributed by atoms with Crippen molar-refractivity contribution in [3.8, 4) is 27.4 Å². The van der Waals surface area contributed by atoms with Crippen molar-refractivity contribution in [1.82, 2.24) is 4.98 Å². The lowest BCUT2D eigenvalue weighted by molar-refractivity contribution is -0.268. The first-order valence-electron chi connectivity index (χ1n) is 8.47. The fourth-order valence-corrected chi connectivity index (χ4v) is 4.94. The average Bonchev–Trinajstić information content (AvgIpc) is 3.36. The third-order valence-electron chi connectivity index (χ3n) is 4.32. The van der Waals surface area contributed by atoms with Crippen LogP contribution in [0, 0.1) is 0 Å². The van der Waals surface area contributed by atoms with E-state index in [0.717, 1.165) is 10.4 Å². The second-order valence-electron chi connectivity index (χ2n) is 6.12. The van der Waals surface area contributed by atoms with Gasteiger partial charge in [0.05, 0.1) is 0 Å². The SMILES string of the molecule is N[s+]1c(C(=O)c2cc(-c3cccs3)ccc2[O-])nc(-c2ccccc2)c1C(=O)O. The number of benzene rings is 2. The molecule has 0 saturated heterocycles. The van der Waals surface area contributed by atoms with Crippen molar-refractivity contribution in [3.63, 3.8) is 0 Å². The summed E-state index contributed by atoms with van der Waals surface area (Å²) < 4.78 is 0. The quantitative estimate of drug-likeness (QED) is 0.372. The molecule has 0 spiro atoms. The van der Waals surface area contributed by atoms with Gasteiger partial charge in [0.15, 0.2) is 0 Å². The molecule has 4 rings (SSSR count). The highest BCUT2D eigenvalue weighted by Gasteiger charge is 2.37. The number of thiazole rings is 1. The van der Waals surface area contributed by atoms with E-state index in [1.807, 2.05) is 17.5 Å². The van der Waals surface area contributed by atoms with Gasteiger partial charge in [0.2, 0.25) is 0 Å². The zero-order valence-electron chi connectivity index (χ0n) is 14.9. The molecule has 2 heterocycles. The summed E-state index contributed by atoms with van der Waals surface area (Å²) >= 11 is 1.48. The highest BCUT2D eigenvalue weighted by Crippen LogP contribution is 2.36. The second kappa shape index (κ2) is 7.59. The molecule has 6 nitrogen and oxygen atoms in total. The first kappa shape index (κ1) is 19.0. The van der Waals surface area contributed by atoms with Crippen LogP contribution in [0.25, 0.3) is 21.7 Å². The molecule has 2 aromatic carbocycles. The monoisotopic (exact) mass is 422 g/mol. The summed E-state index contributed by atoms with van der Waals surface area (Å²) in [5.74, 6) is -2.35. The van der Waals surface area contributed by atoms with E-state index in [2.05, 4.69) is 4.98 Å². The van der Waals surface area contributed by atoms with Gasteiger partial charge in [-0.3, -0.25) is 4.79 Å². The minimum atomic E-state index is -1.55. The Morgan fingerprint density at radius 2 is 1.79 bits per heavy atom. The summed E-state index contributed by atoms with van der Waals surface area (Å²) in [6, 6.07) is 16.9. The van der Waals surface area contributed by atoms with Crippen molar-refractivity contribution in [1.29, 1.82) is 0 Å². The molecule has 0 bridgehead atoms. The molecule has 1 atom stereocenters. The Morgan fingerprint density at radius 3 is 2.45 bits per heavy atom. The molecule has 2 aromatic heterocycles. The van der Waals surface area contributed by atoms with Crippen LogP contribution < -0.4 is 10.2 Å². The molecule has 1 unspecified atom stereocenters. The molecule has 0 amide bonds. The zero-order valence-corrected chi connectivity index (χ0v) is 16.5. The maximum atomic E-state index is 13.1. The van der Waals surface area contributed by atoms with E-state index < -0.39 is 28.2 Å². The van der Waals surface area contributed by atoms with Crippen LogP contribution in [0.4, 0.5) is 0 Å². The van der Waals surface area contributed by atoms with Crippen molar-refractivity contribution in [3.05, 3.63) is 81.5 Å². The topological polar surface area (TPSA) is 116 Å². The molecule has 8 heteroatoms. The maximum absolute atomic E-state index is 13.1. The van der Waals surface area contributed by atoms with Gasteiger partial charge in [0.25, 0.3) is 5.78 Å². The normalized spacial score (nSPS) is 11.4. The lowest BCUT2D eigenvalue weighted by Crippen LogP contribution is -2.09. The van der Waals surface area contributed by atoms with Crippen molar-refractivity contribution in [2.24, 2.45) is 0 Å². The van der Waals surface area contributed by atoms with Crippen LogP contribution in [0.5, 0.6) is 5.75 Å². The van der Waals surface area contributed by atoms with Gasteiger partial charge in [-0.25, -0.2) is 4.79 Å². The van der Waals surface area contributed by atoms with E-state index >= 15 is 0 Å². The molecular weight excluding hydrogens is 408 g/mol. The average molecular weight is 422 g/mol. The molecule has 0 aliphatic rings. The van der Waals surface area contributed by atoms with Gasteiger partial charge < -0.3 is 10.2 Å². The third-order valence-corrected chi connectivity index (χ3v) is 6.74. The number of nitrogens with zero attached hydrogens (tertiary/aromatic N) is 1. The van der Waals surface area contributed by atoms with Crippen LogP contribution in [0.2, 0.25) is 0 Å². The highest BCUT2D eigenvalue weighted by molar-refractivity contribution is 7.34. The first-order chi connectivity index (χ1) is 14.0. The molecular formula is C21H14N2O4S2. The summed E-state index contributed by atoms with van der Waals surface area (Å²) in [6.07, 6.45) is 0. The van der Waals surface area contributed by atoms with Gasteiger partial charge in [-0.15, -0.1) is 16.5 Å². The number of hydrogen-bond donors (Lipinski definition) is 2. The first-order valence-corrected chi connectivity index (χ1v) is 10.6. The van der Waals surface area contributed by atoms with E-state index in [4.69, 9.17) is 5.14 Å². The number of rotatable bonds is 5. The smallest absolute Gasteiger partial charge is 0.393 e. The van der Waals surface area contributed by atoms with Crippen LogP contribution in [-0.2, 0) is 0 Å². The van der Waals surface area contributed by atoms with Crippen molar-refractivity contribution in [2.75, 3.05) is 5.14 Å². The summed E-state index contributed by atoms with van der Waals surface area (Å²) in [7, 11) is -1.55. The lowest BCUT2D eigenvalue weighted by atomic mass is 10.0. The molecule has 4 aromatic rings. The minimum absolute atomic E-state index is 0.0725. The Labute approximate surface area is 172 Å². The zero-order chi connectivity index (χ0) is 20.5. The van der Waals surface area contributed by atoms with Gasteiger partial charge in [-0.1, -0.05) is 54.3 Å². The van der Waals surface area contributed by atoms with Crippen molar-refractivity contribution >= 4 is 33.7 Å². The Bertz CT molecular complexity index is 1220. The molecule has 0 fully saturated rings. The summed E-state index contributed by atoms with van der Waals surface area (Å²) in [6.45, 7) is 0. The fourth-order valence-electron chi connectivity index (χ4n) is 2.96. The molecule has 0 aliphatic carbocycles. The molecule has 29 heavy (non-hydrogen) atoms. The molecule has 3 N–H and O–H groups in total. The Balaban J connectivity index is 1.85. The number of carbonyl (C=O) groups excluding carboxylic acids is 1. The minimum Gasteiger partial charge on any atom is -0.872 e. The number of aromatic nitrogens is 1. The standard InChI is InChI=1S/C21H14N2O4S2/c22-29-19(21(26)27)17(12-5-2-1-3-6-12)23-20(29)18(25)14-11-13(8-9-15(14)24)16-7-4-10-28-16/h1-11H,22H2,(H-,24,25,26,27). The van der Waals surface area contributed by atoms with Gasteiger partial charge >= 0.3 is 15.9 Å². The number of nitrogen functional groups attached to an aromatic ring is 1. The number of carbonyl (C=O) groups is 2. The van der Waals surface area contributed by atoms with E-state index in [1.54, 1.807) is 36.4 Å². The number of nitrogens with two attached hydrogens (primary N) is 1. The summed E-state index contributed by atoms with van der Waals surface area (Å²) in [5, 5.41) is 29.9. The van der Waals surface area contributed by atoms with E-state index in [0.29, 0.717) is 5.56 Å². The number of aromatic carboxylic acids is 1. The van der Waals surface area contributed by atoms with Gasteiger partial charge in [-0.2, -0.15) is 4.98 Å². The number of hydrogen-bond acceptors (Lipinski definition) is 6. The third kappa shape index (κ3) is 3.44. The van der Waals surface area contributed by atoms with Crippen LogP contribution in [0.15, 0.2) is 66.0 Å². The molecule has 144 valence electrons. The number of thiophene rings is 1. The molecule has 0 saturated carbocycles. The number of carboxylic acid groups (broad SMARTS) is 1. The Morgan fingerprint density at radius 1 is 1.03 bits per heavy atom. The van der Waals surface area contributed by atoms with Gasteiger partial charge in [0, 0.05) is 16.0 Å². The van der Waals surface area contributed by atoms with Crippen LogP contribution in [0.1, 0.15) is 25.0 Å². The summed E-state index contributed by atoms with van der Waals surface area (Å²) in [4.78, 5) is 30.0. The van der Waals surface area contributed by atoms with Crippen molar-refractivity contribution in [2.45, 2.75) is 0 Å². The van der Waals surface area contributed by atoms with Crippen LogP contribution in [-0.4, -0.2) is 21.8 Å². The van der Waals surface area contributed by atoms with Crippen molar-refractivity contribution < 1.29 is 19.8 Å². The second-order valence-corrected chi connectivity index (χ2v) is 8.54. The highest BCUT2D eigenvalue weighted by atomic mass is 32.2. The largest absolute Gasteiger partial charge is 0.872 e. The fraction of sp³-hybridized carbons (Fsp3) is 0. The predicted molar refractivity (Wildman–Crippen MR) is 112 cm³/mol. The Kier molecular flexibility index (Phi) is 4.98. The Hall–Kier alpha value is -3.33. The number of ketones is 1. The number of carboxylic acids is 1. The van der Waals surface area contributed by atoms with Crippen LogP contribution in [0.3, 0.4) is 0 Å². The summed E-state index contributed by atoms with van der Waals surface area (Å²) in [5.41, 5.74) is 1.35. The van der Waals surface area contributed by atoms with Gasteiger partial charge in [-0.05, 0) is 23.1 Å². The predicted octanol–water partition coefficient (Wildman–Crippen LogP) is 3.94. The van der Waals surface area contributed by atoms with E-state index in [1.165, 1.54) is 23.5 Å². The molecule has 0 radical (unpaired) electrons. The lowest BCUT2D eigenvalue weighted by Gasteiger charge is -2.11. The van der Waals surface area contributed by atoms with E-state index in [9.17, 15) is 19.8 Å². The van der Waals surface area contributed by atoms with Crippen LogP contribution >= 0.6 is 22.0 Å². The van der Waals surface area contributed by atoms with Gasteiger partial charge in [0.1, 0.15) is 16.3 Å².